The highest BCUT2D eigenvalue weighted by molar-refractivity contribution is 9.10. The van der Waals surface area contributed by atoms with Gasteiger partial charge in [-0.3, -0.25) is 0 Å². The van der Waals surface area contributed by atoms with E-state index in [-0.39, 0.29) is 11.8 Å². The summed E-state index contributed by atoms with van der Waals surface area (Å²) in [6.45, 7) is 2.03. The molecule has 2 aromatic rings. The molecule has 1 atom stereocenters. The van der Waals surface area contributed by atoms with E-state index in [2.05, 4.69) is 21.2 Å². The minimum absolute atomic E-state index is 0.00675. The molecule has 0 heterocycles. The lowest BCUT2D eigenvalue weighted by Gasteiger charge is -2.14. The first-order chi connectivity index (χ1) is 9.51. The van der Waals surface area contributed by atoms with E-state index >= 15 is 0 Å². The van der Waals surface area contributed by atoms with Crippen LogP contribution in [0.2, 0.25) is 0 Å². The Labute approximate surface area is 124 Å². The third-order valence-electron chi connectivity index (χ3n) is 2.99. The molecule has 0 aliphatic carbocycles. The van der Waals surface area contributed by atoms with Gasteiger partial charge in [0.25, 0.3) is 0 Å². The Kier molecular flexibility index (Phi) is 4.73. The van der Waals surface area contributed by atoms with Gasteiger partial charge in [-0.2, -0.15) is 0 Å². The summed E-state index contributed by atoms with van der Waals surface area (Å²) in [6, 6.07) is 8.79. The summed E-state index contributed by atoms with van der Waals surface area (Å²) < 4.78 is 32.6. The molecule has 5 heteroatoms. The van der Waals surface area contributed by atoms with Gasteiger partial charge >= 0.3 is 0 Å². The van der Waals surface area contributed by atoms with Gasteiger partial charge in [0, 0.05) is 16.6 Å². The van der Waals surface area contributed by atoms with Crippen LogP contribution in [0, 0.1) is 11.6 Å². The summed E-state index contributed by atoms with van der Waals surface area (Å²) in [4.78, 5) is 0. The summed E-state index contributed by atoms with van der Waals surface area (Å²) in [6.07, 6.45) is 0. The molecule has 20 heavy (non-hydrogen) atoms. The van der Waals surface area contributed by atoms with Crippen LogP contribution in [0.3, 0.4) is 0 Å². The average Bonchev–Trinajstić information content (AvgIpc) is 2.41. The standard InChI is InChI=1S/C15H14BrF2NO/c1-9(19-2)12-5-4-11(8-13(12)16)20-15-6-3-10(17)7-14(15)18/h3-9,19H,1-2H3. The molecule has 0 spiro atoms. The maximum Gasteiger partial charge on any atom is 0.168 e. The molecule has 0 amide bonds. The fraction of sp³-hybridized carbons (Fsp3) is 0.200. The molecule has 2 aromatic carbocycles. The summed E-state index contributed by atoms with van der Waals surface area (Å²) in [5.74, 6) is -0.884. The number of benzene rings is 2. The van der Waals surface area contributed by atoms with Gasteiger partial charge in [-0.05, 0) is 43.8 Å². The molecule has 0 aliphatic rings. The van der Waals surface area contributed by atoms with Gasteiger partial charge in [-0.15, -0.1) is 0 Å². The van der Waals surface area contributed by atoms with Crippen LogP contribution in [-0.4, -0.2) is 7.05 Å². The highest BCUT2D eigenvalue weighted by Gasteiger charge is 2.10. The summed E-state index contributed by atoms with van der Waals surface area (Å²) in [7, 11) is 1.87. The van der Waals surface area contributed by atoms with Gasteiger partial charge in [0.1, 0.15) is 11.6 Å². The largest absolute Gasteiger partial charge is 0.454 e. The second kappa shape index (κ2) is 6.33. The summed E-state index contributed by atoms with van der Waals surface area (Å²) >= 11 is 3.46. The molecular weight excluding hydrogens is 328 g/mol. The molecular formula is C15H14BrF2NO. The Morgan fingerprint density at radius 2 is 1.90 bits per heavy atom. The van der Waals surface area contributed by atoms with E-state index in [1.165, 1.54) is 6.07 Å². The molecule has 1 N–H and O–H groups in total. The van der Waals surface area contributed by atoms with Crippen molar-refractivity contribution in [1.82, 2.24) is 5.32 Å². The molecule has 0 aliphatic heterocycles. The smallest absolute Gasteiger partial charge is 0.168 e. The van der Waals surface area contributed by atoms with E-state index < -0.39 is 11.6 Å². The second-order valence-electron chi connectivity index (χ2n) is 4.37. The van der Waals surface area contributed by atoms with Gasteiger partial charge in [0.2, 0.25) is 0 Å². The number of hydrogen-bond acceptors (Lipinski definition) is 2. The van der Waals surface area contributed by atoms with Gasteiger partial charge in [-0.1, -0.05) is 22.0 Å². The quantitative estimate of drug-likeness (QED) is 0.862. The monoisotopic (exact) mass is 341 g/mol. The summed E-state index contributed by atoms with van der Waals surface area (Å²) in [5, 5.41) is 3.13. The van der Waals surface area contributed by atoms with Crippen molar-refractivity contribution in [3.8, 4) is 11.5 Å². The Balaban J connectivity index is 2.24. The average molecular weight is 342 g/mol. The maximum absolute atomic E-state index is 13.5. The van der Waals surface area contributed by atoms with Crippen LogP contribution < -0.4 is 10.1 Å². The van der Waals surface area contributed by atoms with E-state index in [0.29, 0.717) is 5.75 Å². The third-order valence-corrected chi connectivity index (χ3v) is 3.68. The number of nitrogens with one attached hydrogen (secondary N) is 1. The van der Waals surface area contributed by atoms with E-state index in [1.54, 1.807) is 12.1 Å². The first-order valence-electron chi connectivity index (χ1n) is 6.11. The number of halogens is 3. The van der Waals surface area contributed by atoms with Gasteiger partial charge < -0.3 is 10.1 Å². The van der Waals surface area contributed by atoms with Crippen LogP contribution in [0.5, 0.6) is 11.5 Å². The molecule has 2 nitrogen and oxygen atoms in total. The Hall–Kier alpha value is -1.46. The predicted molar refractivity (Wildman–Crippen MR) is 78.0 cm³/mol. The van der Waals surface area contributed by atoms with E-state index in [1.807, 2.05) is 20.0 Å². The maximum atomic E-state index is 13.5. The highest BCUT2D eigenvalue weighted by Crippen LogP contribution is 2.31. The van der Waals surface area contributed by atoms with Crippen molar-refractivity contribution >= 4 is 15.9 Å². The zero-order valence-corrected chi connectivity index (χ0v) is 12.7. The van der Waals surface area contributed by atoms with Crippen LogP contribution in [-0.2, 0) is 0 Å². The molecule has 0 fully saturated rings. The first kappa shape index (κ1) is 14.9. The summed E-state index contributed by atoms with van der Waals surface area (Å²) in [5.41, 5.74) is 1.07. The van der Waals surface area contributed by atoms with Crippen molar-refractivity contribution in [3.05, 3.63) is 58.1 Å². The van der Waals surface area contributed by atoms with Crippen LogP contribution >= 0.6 is 15.9 Å². The fourth-order valence-electron chi connectivity index (χ4n) is 1.76. The normalized spacial score (nSPS) is 12.2. The van der Waals surface area contributed by atoms with Gasteiger partial charge in [0.15, 0.2) is 11.6 Å². The van der Waals surface area contributed by atoms with Gasteiger partial charge in [0.05, 0.1) is 0 Å². The Bertz CT molecular complexity index is 619. The zero-order chi connectivity index (χ0) is 14.7. The molecule has 0 radical (unpaired) electrons. The minimum atomic E-state index is -0.728. The van der Waals surface area contributed by atoms with Crippen molar-refractivity contribution in [3.63, 3.8) is 0 Å². The van der Waals surface area contributed by atoms with Crippen molar-refractivity contribution in [1.29, 1.82) is 0 Å². The molecule has 0 saturated carbocycles. The molecule has 0 bridgehead atoms. The minimum Gasteiger partial charge on any atom is -0.454 e. The Morgan fingerprint density at radius 3 is 2.50 bits per heavy atom. The van der Waals surface area contributed by atoms with Crippen molar-refractivity contribution < 1.29 is 13.5 Å². The van der Waals surface area contributed by atoms with Crippen LogP contribution in [0.4, 0.5) is 8.78 Å². The topological polar surface area (TPSA) is 21.3 Å². The van der Waals surface area contributed by atoms with Crippen molar-refractivity contribution in [2.45, 2.75) is 13.0 Å². The molecule has 0 saturated heterocycles. The van der Waals surface area contributed by atoms with Crippen molar-refractivity contribution in [2.24, 2.45) is 0 Å². The fourth-order valence-corrected chi connectivity index (χ4v) is 2.46. The third kappa shape index (κ3) is 3.35. The van der Waals surface area contributed by atoms with Crippen LogP contribution in [0.15, 0.2) is 40.9 Å². The van der Waals surface area contributed by atoms with Crippen LogP contribution in [0.25, 0.3) is 0 Å². The molecule has 0 aromatic heterocycles. The second-order valence-corrected chi connectivity index (χ2v) is 5.22. The van der Waals surface area contributed by atoms with E-state index in [9.17, 15) is 8.78 Å². The molecule has 1 unspecified atom stereocenters. The zero-order valence-electron chi connectivity index (χ0n) is 11.1. The first-order valence-corrected chi connectivity index (χ1v) is 6.90. The lowest BCUT2D eigenvalue weighted by atomic mass is 10.1. The lowest BCUT2D eigenvalue weighted by Crippen LogP contribution is -2.12. The molecule has 106 valence electrons. The number of hydrogen-bond donors (Lipinski definition) is 1. The number of ether oxygens (including phenoxy) is 1. The number of rotatable bonds is 4. The lowest BCUT2D eigenvalue weighted by molar-refractivity contribution is 0.437. The van der Waals surface area contributed by atoms with E-state index in [4.69, 9.17) is 4.74 Å². The van der Waals surface area contributed by atoms with E-state index in [0.717, 1.165) is 22.2 Å². The predicted octanol–water partition coefficient (Wildman–Crippen LogP) is 4.80. The molecule has 2 rings (SSSR count). The van der Waals surface area contributed by atoms with Gasteiger partial charge in [-0.25, -0.2) is 8.78 Å². The van der Waals surface area contributed by atoms with Crippen LogP contribution in [0.1, 0.15) is 18.5 Å². The van der Waals surface area contributed by atoms with Crippen molar-refractivity contribution in [2.75, 3.05) is 7.05 Å². The Morgan fingerprint density at radius 1 is 1.15 bits per heavy atom. The highest BCUT2D eigenvalue weighted by atomic mass is 79.9. The SMILES string of the molecule is CNC(C)c1ccc(Oc2ccc(F)cc2F)cc1Br.